The highest BCUT2D eigenvalue weighted by Gasteiger charge is 2.37. The van der Waals surface area contributed by atoms with Crippen LogP contribution in [0.15, 0.2) is 48.5 Å². The van der Waals surface area contributed by atoms with E-state index in [1.807, 2.05) is 6.07 Å². The van der Waals surface area contributed by atoms with E-state index in [0.717, 1.165) is 49.4 Å². The summed E-state index contributed by atoms with van der Waals surface area (Å²) < 4.78 is 52.1. The van der Waals surface area contributed by atoms with Crippen LogP contribution < -0.4 is 10.6 Å². The third-order valence-corrected chi connectivity index (χ3v) is 7.06. The molecule has 1 saturated heterocycles. The third kappa shape index (κ3) is 6.41. The third-order valence-electron chi connectivity index (χ3n) is 7.06. The minimum absolute atomic E-state index is 0.196. The Hall–Kier alpha value is -2.98. The average Bonchev–Trinajstić information content (AvgIpc) is 3.22. The van der Waals surface area contributed by atoms with Crippen LogP contribution in [0.5, 0.6) is 0 Å². The van der Waals surface area contributed by atoms with Gasteiger partial charge >= 0.3 is 6.18 Å². The lowest BCUT2D eigenvalue weighted by Gasteiger charge is -2.34. The molecular weight excluding hydrogens is 478 g/mol. The van der Waals surface area contributed by atoms with Crippen LogP contribution in [0.4, 0.5) is 17.6 Å². The summed E-state index contributed by atoms with van der Waals surface area (Å²) in [6, 6.07) is 10.4. The van der Waals surface area contributed by atoms with Crippen LogP contribution in [0.25, 0.3) is 0 Å². The lowest BCUT2D eigenvalue weighted by molar-refractivity contribution is -0.137. The maximum Gasteiger partial charge on any atom is 0.416 e. The molecule has 6 nitrogen and oxygen atoms in total. The SMILES string of the molecule is O=C(CNC(=O)c1cccc(C(F)(F)F)c1)N[C@H]1CN(C2CCC(c3cccc(F)c3)CC2)C[C@@H]1O. The molecule has 0 aromatic heterocycles. The Balaban J connectivity index is 1.23. The standard InChI is InChI=1S/C26H29F4N3O3/c27-20-6-2-3-17(12-20)16-7-9-21(10-8-16)33-14-22(23(34)15-33)32-24(35)13-31-25(36)18-4-1-5-19(11-18)26(28,29)30/h1-6,11-12,16,21-23,34H,7-10,13-15H2,(H,31,36)(H,32,35)/t16?,21?,22-,23-/m0/s1. The molecule has 2 amide bonds. The van der Waals surface area contributed by atoms with Gasteiger partial charge in [0.15, 0.2) is 0 Å². The number of β-amino-alcohol motifs (C(OH)–C–C–N with tert-alkyl or cyclic N) is 1. The van der Waals surface area contributed by atoms with Gasteiger partial charge in [-0.2, -0.15) is 13.2 Å². The second kappa shape index (κ2) is 11.0. The summed E-state index contributed by atoms with van der Waals surface area (Å²) >= 11 is 0. The molecule has 2 aromatic carbocycles. The van der Waals surface area contributed by atoms with Crippen LogP contribution in [0.2, 0.25) is 0 Å². The Bertz CT molecular complexity index is 1090. The van der Waals surface area contributed by atoms with E-state index in [1.54, 1.807) is 12.1 Å². The number of hydrogen-bond donors (Lipinski definition) is 3. The van der Waals surface area contributed by atoms with Crippen LogP contribution in [0.3, 0.4) is 0 Å². The molecule has 0 unspecified atom stereocenters. The zero-order valence-electron chi connectivity index (χ0n) is 19.6. The fourth-order valence-electron chi connectivity index (χ4n) is 5.15. The number of hydrogen-bond acceptors (Lipinski definition) is 4. The van der Waals surface area contributed by atoms with Crippen molar-refractivity contribution in [3.8, 4) is 0 Å². The summed E-state index contributed by atoms with van der Waals surface area (Å²) in [5, 5.41) is 15.5. The van der Waals surface area contributed by atoms with Crippen LogP contribution in [-0.4, -0.2) is 59.6 Å². The molecule has 194 valence electrons. The lowest BCUT2D eigenvalue weighted by Crippen LogP contribution is -2.47. The molecular formula is C26H29F4N3O3. The molecule has 0 bridgehead atoms. The highest BCUT2D eigenvalue weighted by molar-refractivity contribution is 5.96. The molecule has 1 saturated carbocycles. The van der Waals surface area contributed by atoms with E-state index in [9.17, 15) is 32.3 Å². The molecule has 1 aliphatic heterocycles. The Morgan fingerprint density at radius 2 is 1.72 bits per heavy atom. The number of nitrogens with zero attached hydrogens (tertiary/aromatic N) is 1. The molecule has 3 N–H and O–H groups in total. The van der Waals surface area contributed by atoms with Gasteiger partial charge in [-0.05, 0) is 67.5 Å². The van der Waals surface area contributed by atoms with Gasteiger partial charge in [0.05, 0.1) is 24.3 Å². The van der Waals surface area contributed by atoms with Crippen molar-refractivity contribution >= 4 is 11.8 Å². The van der Waals surface area contributed by atoms with E-state index >= 15 is 0 Å². The van der Waals surface area contributed by atoms with E-state index in [2.05, 4.69) is 15.5 Å². The minimum atomic E-state index is -4.57. The second-order valence-corrected chi connectivity index (χ2v) is 9.52. The summed E-state index contributed by atoms with van der Waals surface area (Å²) in [5.41, 5.74) is -0.135. The zero-order valence-corrected chi connectivity index (χ0v) is 19.6. The molecule has 2 aromatic rings. The van der Waals surface area contributed by atoms with Crippen molar-refractivity contribution in [2.24, 2.45) is 0 Å². The highest BCUT2D eigenvalue weighted by atomic mass is 19.4. The topological polar surface area (TPSA) is 81.7 Å². The molecule has 1 aliphatic carbocycles. The van der Waals surface area contributed by atoms with Gasteiger partial charge in [-0.15, -0.1) is 0 Å². The summed E-state index contributed by atoms with van der Waals surface area (Å²) in [7, 11) is 0. The predicted octanol–water partition coefficient (Wildman–Crippen LogP) is 3.46. The van der Waals surface area contributed by atoms with Crippen LogP contribution in [0, 0.1) is 5.82 Å². The first-order chi connectivity index (χ1) is 17.1. The van der Waals surface area contributed by atoms with Crippen LogP contribution in [0.1, 0.15) is 53.1 Å². The number of aliphatic hydroxyl groups excluding tert-OH is 1. The number of rotatable bonds is 6. The average molecular weight is 508 g/mol. The number of nitrogens with one attached hydrogen (secondary N) is 2. The quantitative estimate of drug-likeness (QED) is 0.524. The first-order valence-corrected chi connectivity index (χ1v) is 12.0. The number of carbonyl (C=O) groups is 2. The summed E-state index contributed by atoms with van der Waals surface area (Å²) in [6.07, 6.45) is -1.70. The molecule has 0 spiro atoms. The van der Waals surface area contributed by atoms with Crippen molar-refractivity contribution in [1.82, 2.24) is 15.5 Å². The number of halogens is 4. The van der Waals surface area contributed by atoms with Crippen molar-refractivity contribution in [3.63, 3.8) is 0 Å². The Kier molecular flexibility index (Phi) is 7.94. The largest absolute Gasteiger partial charge is 0.416 e. The molecule has 36 heavy (non-hydrogen) atoms. The van der Waals surface area contributed by atoms with Gasteiger partial charge in [0.25, 0.3) is 5.91 Å². The van der Waals surface area contributed by atoms with Crippen LogP contribution >= 0.6 is 0 Å². The number of benzene rings is 2. The molecule has 4 rings (SSSR count). The van der Waals surface area contributed by atoms with Crippen molar-refractivity contribution in [2.45, 2.75) is 56.0 Å². The molecule has 2 fully saturated rings. The monoisotopic (exact) mass is 507 g/mol. The van der Waals surface area contributed by atoms with E-state index in [4.69, 9.17) is 0 Å². The normalized spacial score (nSPS) is 24.9. The van der Waals surface area contributed by atoms with E-state index in [-0.39, 0.29) is 17.4 Å². The minimum Gasteiger partial charge on any atom is -0.390 e. The summed E-state index contributed by atoms with van der Waals surface area (Å²) in [4.78, 5) is 26.7. The molecule has 10 heteroatoms. The fourth-order valence-corrected chi connectivity index (χ4v) is 5.15. The smallest absolute Gasteiger partial charge is 0.390 e. The van der Waals surface area contributed by atoms with Crippen molar-refractivity contribution in [2.75, 3.05) is 19.6 Å². The lowest BCUT2D eigenvalue weighted by atomic mass is 9.81. The van der Waals surface area contributed by atoms with Gasteiger partial charge in [-0.3, -0.25) is 14.5 Å². The van der Waals surface area contributed by atoms with Crippen molar-refractivity contribution < 1.29 is 32.3 Å². The maximum absolute atomic E-state index is 13.5. The fraction of sp³-hybridized carbons (Fsp3) is 0.462. The van der Waals surface area contributed by atoms with Gasteiger partial charge in [0.1, 0.15) is 5.82 Å². The van der Waals surface area contributed by atoms with E-state index in [1.165, 1.54) is 12.1 Å². The number of aliphatic hydroxyl groups is 1. The van der Waals surface area contributed by atoms with Crippen molar-refractivity contribution in [1.29, 1.82) is 0 Å². The first kappa shape index (κ1) is 26.1. The number of amides is 2. The maximum atomic E-state index is 13.5. The predicted molar refractivity (Wildman–Crippen MR) is 125 cm³/mol. The summed E-state index contributed by atoms with van der Waals surface area (Å²) in [6.45, 7) is 0.456. The number of carbonyl (C=O) groups excluding carboxylic acids is 2. The molecule has 2 atom stereocenters. The zero-order chi connectivity index (χ0) is 25.9. The Morgan fingerprint density at radius 3 is 2.42 bits per heavy atom. The molecule has 0 radical (unpaired) electrons. The van der Waals surface area contributed by atoms with Crippen LogP contribution in [-0.2, 0) is 11.0 Å². The van der Waals surface area contributed by atoms with Gasteiger partial charge in [-0.1, -0.05) is 18.2 Å². The Labute approximate surface area is 206 Å². The van der Waals surface area contributed by atoms with Gasteiger partial charge in [0, 0.05) is 24.7 Å². The molecule has 2 aliphatic rings. The van der Waals surface area contributed by atoms with Gasteiger partial charge in [-0.25, -0.2) is 4.39 Å². The van der Waals surface area contributed by atoms with E-state index < -0.39 is 42.2 Å². The van der Waals surface area contributed by atoms with Crippen molar-refractivity contribution in [3.05, 3.63) is 71.0 Å². The Morgan fingerprint density at radius 1 is 1.00 bits per heavy atom. The summed E-state index contributed by atoms with van der Waals surface area (Å²) in [5.74, 6) is -1.25. The molecule has 1 heterocycles. The number of likely N-dealkylation sites (tertiary alicyclic amines) is 1. The van der Waals surface area contributed by atoms with Gasteiger partial charge < -0.3 is 15.7 Å². The number of alkyl halides is 3. The van der Waals surface area contributed by atoms with Gasteiger partial charge in [0.2, 0.25) is 5.91 Å². The first-order valence-electron chi connectivity index (χ1n) is 12.0. The second-order valence-electron chi connectivity index (χ2n) is 9.52. The highest BCUT2D eigenvalue weighted by Crippen LogP contribution is 2.36. The van der Waals surface area contributed by atoms with E-state index in [0.29, 0.717) is 19.0 Å².